The van der Waals surface area contributed by atoms with E-state index in [1.165, 1.54) is 0 Å². The van der Waals surface area contributed by atoms with Crippen LogP contribution in [0.5, 0.6) is 0 Å². The van der Waals surface area contributed by atoms with Crippen LogP contribution in [0.15, 0.2) is 0 Å². The zero-order chi connectivity index (χ0) is 11.9. The van der Waals surface area contributed by atoms with Crippen LogP contribution >= 0.6 is 0 Å². The molecule has 0 spiro atoms. The van der Waals surface area contributed by atoms with E-state index in [1.54, 1.807) is 0 Å². The van der Waals surface area contributed by atoms with Gasteiger partial charge in [-0.05, 0) is 36.6 Å². The van der Waals surface area contributed by atoms with Gasteiger partial charge in [0.2, 0.25) is 0 Å². The Kier molecular flexibility index (Phi) is 7.20. The smallest absolute Gasteiger partial charge is 0.0469 e. The fourth-order valence-corrected chi connectivity index (χ4v) is 1.55. The third kappa shape index (κ3) is 7.80. The molecule has 1 atom stereocenters. The lowest BCUT2D eigenvalue weighted by molar-refractivity contribution is 0.0922. The van der Waals surface area contributed by atoms with Crippen molar-refractivity contribution < 1.29 is 4.74 Å². The van der Waals surface area contributed by atoms with Crippen molar-refractivity contribution >= 4 is 0 Å². The molecule has 0 aliphatic carbocycles. The monoisotopic (exact) mass is 215 g/mol. The van der Waals surface area contributed by atoms with E-state index >= 15 is 0 Å². The summed E-state index contributed by atoms with van der Waals surface area (Å²) < 4.78 is 5.62. The molecule has 0 saturated carbocycles. The van der Waals surface area contributed by atoms with Gasteiger partial charge in [-0.2, -0.15) is 0 Å². The molecule has 0 aliphatic rings. The molecule has 2 nitrogen and oxygen atoms in total. The molecule has 2 N–H and O–H groups in total. The van der Waals surface area contributed by atoms with Crippen LogP contribution in [0.3, 0.4) is 0 Å². The van der Waals surface area contributed by atoms with Gasteiger partial charge in [0.05, 0.1) is 0 Å². The van der Waals surface area contributed by atoms with Crippen molar-refractivity contribution in [3.63, 3.8) is 0 Å². The second-order valence-corrected chi connectivity index (χ2v) is 5.88. The fraction of sp³-hybridized carbons (Fsp3) is 1.00. The van der Waals surface area contributed by atoms with Crippen LogP contribution < -0.4 is 5.73 Å². The lowest BCUT2D eigenvalue weighted by Gasteiger charge is -2.29. The van der Waals surface area contributed by atoms with Gasteiger partial charge in [-0.15, -0.1) is 0 Å². The quantitative estimate of drug-likeness (QED) is 0.662. The first-order valence-corrected chi connectivity index (χ1v) is 6.15. The van der Waals surface area contributed by atoms with E-state index in [0.29, 0.717) is 11.3 Å². The van der Waals surface area contributed by atoms with E-state index in [9.17, 15) is 0 Å². The van der Waals surface area contributed by atoms with E-state index < -0.39 is 0 Å². The van der Waals surface area contributed by atoms with Crippen LogP contribution in [0.25, 0.3) is 0 Å². The molecule has 15 heavy (non-hydrogen) atoms. The molecule has 2 heteroatoms. The minimum absolute atomic E-state index is 0.302. The molecule has 0 bridgehead atoms. The molecule has 0 radical (unpaired) electrons. The Hall–Kier alpha value is -0.0800. The summed E-state index contributed by atoms with van der Waals surface area (Å²) in [5, 5.41) is 0. The van der Waals surface area contributed by atoms with E-state index in [2.05, 4.69) is 34.6 Å². The van der Waals surface area contributed by atoms with Gasteiger partial charge < -0.3 is 10.5 Å². The summed E-state index contributed by atoms with van der Waals surface area (Å²) in [7, 11) is 0. The Bertz CT molecular complexity index is 149. The van der Waals surface area contributed by atoms with Gasteiger partial charge in [0.15, 0.2) is 0 Å². The number of rotatable bonds is 7. The molecular weight excluding hydrogens is 186 g/mol. The van der Waals surface area contributed by atoms with Crippen LogP contribution in [-0.4, -0.2) is 19.8 Å². The zero-order valence-corrected chi connectivity index (χ0v) is 11.2. The third-order valence-electron chi connectivity index (χ3n) is 2.96. The molecule has 0 rings (SSSR count). The predicted octanol–water partition coefficient (Wildman–Crippen LogP) is 3.06. The molecule has 0 aromatic rings. The van der Waals surface area contributed by atoms with Gasteiger partial charge in [0.25, 0.3) is 0 Å². The fourth-order valence-electron chi connectivity index (χ4n) is 1.55. The summed E-state index contributed by atoms with van der Waals surface area (Å²) in [5.41, 5.74) is 6.07. The number of hydrogen-bond donors (Lipinski definition) is 1. The Morgan fingerprint density at radius 3 is 2.00 bits per heavy atom. The first-order valence-electron chi connectivity index (χ1n) is 6.15. The highest BCUT2D eigenvalue weighted by Crippen LogP contribution is 2.27. The summed E-state index contributed by atoms with van der Waals surface area (Å²) in [6, 6.07) is 0. The summed E-state index contributed by atoms with van der Waals surface area (Å²) >= 11 is 0. The Morgan fingerprint density at radius 1 is 1.07 bits per heavy atom. The number of ether oxygens (including phenoxy) is 1. The maximum atomic E-state index is 5.77. The molecule has 1 unspecified atom stereocenters. The Balaban J connectivity index is 3.56. The molecule has 0 saturated heterocycles. The van der Waals surface area contributed by atoms with Crippen molar-refractivity contribution in [1.29, 1.82) is 0 Å². The van der Waals surface area contributed by atoms with Crippen LogP contribution in [0.2, 0.25) is 0 Å². The van der Waals surface area contributed by atoms with Gasteiger partial charge in [-0.3, -0.25) is 0 Å². The minimum atomic E-state index is 0.302. The van der Waals surface area contributed by atoms with E-state index in [0.717, 1.165) is 38.5 Å². The lowest BCUT2D eigenvalue weighted by Crippen LogP contribution is -2.29. The second kappa shape index (κ2) is 7.24. The second-order valence-electron chi connectivity index (χ2n) is 5.88. The van der Waals surface area contributed by atoms with E-state index in [4.69, 9.17) is 10.5 Å². The zero-order valence-electron chi connectivity index (χ0n) is 11.2. The Labute approximate surface area is 95.6 Å². The summed E-state index contributed by atoms with van der Waals surface area (Å²) in [4.78, 5) is 0. The van der Waals surface area contributed by atoms with Crippen molar-refractivity contribution in [3.05, 3.63) is 0 Å². The maximum Gasteiger partial charge on any atom is 0.0469 e. The molecule has 0 aliphatic heterocycles. The molecule has 0 aromatic heterocycles. The number of hydrogen-bond acceptors (Lipinski definition) is 2. The maximum absolute atomic E-state index is 5.77. The Morgan fingerprint density at radius 2 is 1.60 bits per heavy atom. The topological polar surface area (TPSA) is 35.2 Å². The average molecular weight is 215 g/mol. The summed E-state index contributed by atoms with van der Waals surface area (Å²) in [6.07, 6.45) is 2.24. The van der Waals surface area contributed by atoms with Crippen molar-refractivity contribution in [1.82, 2.24) is 0 Å². The normalized spacial score (nSPS) is 14.6. The van der Waals surface area contributed by atoms with Gasteiger partial charge >= 0.3 is 0 Å². The van der Waals surface area contributed by atoms with Crippen molar-refractivity contribution in [2.75, 3.05) is 19.8 Å². The summed E-state index contributed by atoms with van der Waals surface area (Å²) in [6.45, 7) is 13.7. The number of nitrogens with two attached hydrogens (primary N) is 1. The van der Waals surface area contributed by atoms with E-state index in [1.807, 2.05) is 0 Å². The highest BCUT2D eigenvalue weighted by Gasteiger charge is 2.22. The van der Waals surface area contributed by atoms with Crippen LogP contribution in [0.1, 0.15) is 47.5 Å². The molecule has 0 heterocycles. The highest BCUT2D eigenvalue weighted by atomic mass is 16.5. The molecule has 0 amide bonds. The highest BCUT2D eigenvalue weighted by molar-refractivity contribution is 4.74. The lowest BCUT2D eigenvalue weighted by atomic mass is 9.79. The largest absolute Gasteiger partial charge is 0.381 e. The minimum Gasteiger partial charge on any atom is -0.381 e. The molecule has 0 aromatic carbocycles. The predicted molar refractivity (Wildman–Crippen MR) is 66.9 cm³/mol. The SMILES string of the molecule is CC(C)CCOCCC(CN)C(C)(C)C. The van der Waals surface area contributed by atoms with Crippen LogP contribution in [-0.2, 0) is 4.74 Å². The average Bonchev–Trinajstić information content (AvgIpc) is 2.08. The first kappa shape index (κ1) is 14.9. The third-order valence-corrected chi connectivity index (χ3v) is 2.96. The molecular formula is C13H29NO. The van der Waals surface area contributed by atoms with Gasteiger partial charge in [-0.25, -0.2) is 0 Å². The van der Waals surface area contributed by atoms with Crippen LogP contribution in [0.4, 0.5) is 0 Å². The van der Waals surface area contributed by atoms with Crippen molar-refractivity contribution in [3.8, 4) is 0 Å². The van der Waals surface area contributed by atoms with Gasteiger partial charge in [0.1, 0.15) is 0 Å². The van der Waals surface area contributed by atoms with Crippen molar-refractivity contribution in [2.24, 2.45) is 23.0 Å². The summed E-state index contributed by atoms with van der Waals surface area (Å²) in [5.74, 6) is 1.30. The standard InChI is InChI=1S/C13H29NO/c1-11(2)6-8-15-9-7-12(10-14)13(3,4)5/h11-12H,6-10,14H2,1-5H3. The van der Waals surface area contributed by atoms with Crippen LogP contribution in [0, 0.1) is 17.3 Å². The van der Waals surface area contributed by atoms with E-state index in [-0.39, 0.29) is 0 Å². The molecule has 92 valence electrons. The molecule has 0 fully saturated rings. The first-order chi connectivity index (χ1) is 6.88. The van der Waals surface area contributed by atoms with Crippen molar-refractivity contribution in [2.45, 2.75) is 47.5 Å². The van der Waals surface area contributed by atoms with Gasteiger partial charge in [0, 0.05) is 13.2 Å². The van der Waals surface area contributed by atoms with Gasteiger partial charge in [-0.1, -0.05) is 34.6 Å².